The van der Waals surface area contributed by atoms with Crippen molar-refractivity contribution >= 4 is 17.8 Å². The van der Waals surface area contributed by atoms with E-state index in [9.17, 15) is 14.4 Å². The lowest BCUT2D eigenvalue weighted by molar-refractivity contribution is -0.140. The predicted octanol–water partition coefficient (Wildman–Crippen LogP) is 2.99. The van der Waals surface area contributed by atoms with Crippen molar-refractivity contribution in [3.63, 3.8) is 0 Å². The molecule has 0 radical (unpaired) electrons. The molecule has 0 spiro atoms. The van der Waals surface area contributed by atoms with Crippen molar-refractivity contribution in [2.75, 3.05) is 19.6 Å². The van der Waals surface area contributed by atoms with Crippen LogP contribution in [0.3, 0.4) is 0 Å². The molecule has 2 aliphatic rings. The molecule has 0 aliphatic carbocycles. The number of carbonyl (C=O) groups is 3. The van der Waals surface area contributed by atoms with Gasteiger partial charge in [-0.2, -0.15) is 0 Å². The van der Waals surface area contributed by atoms with Gasteiger partial charge in [0.1, 0.15) is 6.54 Å². The van der Waals surface area contributed by atoms with Crippen molar-refractivity contribution in [3.8, 4) is 0 Å². The Morgan fingerprint density at radius 1 is 0.933 bits per heavy atom. The van der Waals surface area contributed by atoms with Gasteiger partial charge in [0.15, 0.2) is 5.54 Å². The van der Waals surface area contributed by atoms with Gasteiger partial charge in [0.2, 0.25) is 5.91 Å². The minimum Gasteiger partial charge on any atom is -0.341 e. The molecule has 2 aromatic carbocycles. The summed E-state index contributed by atoms with van der Waals surface area (Å²) in [6.45, 7) is 5.33. The normalized spacial score (nSPS) is 23.4. The van der Waals surface area contributed by atoms with Gasteiger partial charge < -0.3 is 10.2 Å². The third kappa shape index (κ3) is 3.47. The molecule has 2 aliphatic heterocycles. The molecule has 0 bridgehead atoms. The van der Waals surface area contributed by atoms with Crippen LogP contribution in [0.4, 0.5) is 4.79 Å². The number of nitrogens with zero attached hydrogens (tertiary/aromatic N) is 2. The third-order valence-electron chi connectivity index (χ3n) is 6.03. The molecule has 2 heterocycles. The highest BCUT2D eigenvalue weighted by Crippen LogP contribution is 2.36. The molecule has 4 rings (SSSR count). The summed E-state index contributed by atoms with van der Waals surface area (Å²) in [4.78, 5) is 42.4. The number of piperidine rings is 1. The lowest BCUT2D eigenvalue weighted by Gasteiger charge is -2.35. The molecule has 4 amide bonds. The molecule has 1 N–H and O–H groups in total. The van der Waals surface area contributed by atoms with E-state index in [1.54, 1.807) is 4.90 Å². The zero-order valence-electron chi connectivity index (χ0n) is 17.4. The molecule has 0 saturated carbocycles. The maximum Gasteiger partial charge on any atom is 0.326 e. The summed E-state index contributed by atoms with van der Waals surface area (Å²) in [6, 6.07) is 17.8. The van der Waals surface area contributed by atoms with Gasteiger partial charge in [-0.15, -0.1) is 0 Å². The number of amides is 4. The lowest BCUT2D eigenvalue weighted by Crippen LogP contribution is -2.49. The van der Waals surface area contributed by atoms with Crippen LogP contribution < -0.4 is 5.32 Å². The van der Waals surface area contributed by atoms with Crippen LogP contribution in [0.1, 0.15) is 31.4 Å². The monoisotopic (exact) mass is 405 g/mol. The molecule has 156 valence electrons. The van der Waals surface area contributed by atoms with Crippen LogP contribution in [0.15, 0.2) is 60.7 Å². The van der Waals surface area contributed by atoms with Gasteiger partial charge in [-0.25, -0.2) is 4.79 Å². The summed E-state index contributed by atoms with van der Waals surface area (Å²) in [5, 5.41) is 2.89. The summed E-state index contributed by atoms with van der Waals surface area (Å²) in [5.74, 6) is 0.215. The summed E-state index contributed by atoms with van der Waals surface area (Å²) >= 11 is 0. The Hall–Kier alpha value is -3.15. The van der Waals surface area contributed by atoms with Crippen LogP contribution >= 0.6 is 0 Å². The van der Waals surface area contributed by atoms with Crippen molar-refractivity contribution in [1.82, 2.24) is 15.1 Å². The maximum atomic E-state index is 13.7. The second-order valence-electron chi connectivity index (χ2n) is 8.55. The van der Waals surface area contributed by atoms with E-state index in [0.29, 0.717) is 36.1 Å². The first-order valence-corrected chi connectivity index (χ1v) is 10.4. The average Bonchev–Trinajstić information content (AvgIpc) is 3.00. The van der Waals surface area contributed by atoms with Crippen LogP contribution in [0.25, 0.3) is 0 Å². The van der Waals surface area contributed by atoms with Gasteiger partial charge in [-0.1, -0.05) is 74.5 Å². The van der Waals surface area contributed by atoms with E-state index in [1.165, 1.54) is 0 Å². The van der Waals surface area contributed by atoms with Crippen molar-refractivity contribution in [2.45, 2.75) is 25.8 Å². The molecule has 30 heavy (non-hydrogen) atoms. The smallest absolute Gasteiger partial charge is 0.326 e. The molecule has 0 unspecified atom stereocenters. The minimum absolute atomic E-state index is 0.186. The van der Waals surface area contributed by atoms with E-state index < -0.39 is 17.5 Å². The van der Waals surface area contributed by atoms with Crippen molar-refractivity contribution in [3.05, 3.63) is 71.8 Å². The number of rotatable bonds is 4. The zero-order valence-corrected chi connectivity index (χ0v) is 17.4. The maximum absolute atomic E-state index is 13.7. The van der Waals surface area contributed by atoms with E-state index in [-0.39, 0.29) is 12.5 Å². The van der Waals surface area contributed by atoms with Crippen molar-refractivity contribution < 1.29 is 14.4 Å². The first-order valence-electron chi connectivity index (χ1n) is 10.4. The van der Waals surface area contributed by atoms with Gasteiger partial charge in [-0.05, 0) is 29.4 Å². The largest absolute Gasteiger partial charge is 0.341 e. The fraction of sp³-hybridized carbons (Fsp3) is 0.375. The number of nitrogens with one attached hydrogen (secondary N) is 1. The van der Waals surface area contributed by atoms with E-state index in [0.717, 1.165) is 11.3 Å². The SMILES string of the molecule is C[C@@H]1C[C@H](C)CN(C(=O)CN2C(=O)NC(c3ccccc3)(c3ccccc3)C2=O)C1. The Morgan fingerprint density at radius 3 is 1.93 bits per heavy atom. The van der Waals surface area contributed by atoms with Gasteiger partial charge in [-0.3, -0.25) is 14.5 Å². The van der Waals surface area contributed by atoms with Crippen LogP contribution in [0.5, 0.6) is 0 Å². The topological polar surface area (TPSA) is 69.7 Å². The standard InChI is InChI=1S/C24H27N3O3/c1-17-13-18(2)15-26(14-17)21(28)16-27-22(29)24(25-23(27)30,19-9-5-3-6-10-19)20-11-7-4-8-12-20/h3-12,17-18H,13-16H2,1-2H3,(H,25,30)/t17-,18+. The first kappa shape index (κ1) is 20.1. The van der Waals surface area contributed by atoms with Gasteiger partial charge >= 0.3 is 6.03 Å². The first-order chi connectivity index (χ1) is 14.4. The van der Waals surface area contributed by atoms with Gasteiger partial charge in [0.25, 0.3) is 5.91 Å². The van der Waals surface area contributed by atoms with E-state index in [2.05, 4.69) is 19.2 Å². The van der Waals surface area contributed by atoms with Gasteiger partial charge in [0, 0.05) is 13.1 Å². The highest BCUT2D eigenvalue weighted by atomic mass is 16.2. The molecule has 2 fully saturated rings. The van der Waals surface area contributed by atoms with Crippen LogP contribution in [-0.4, -0.2) is 47.3 Å². The minimum atomic E-state index is -1.33. The van der Waals surface area contributed by atoms with E-state index >= 15 is 0 Å². The number of hydrogen-bond acceptors (Lipinski definition) is 3. The molecular formula is C24H27N3O3. The molecule has 0 aromatic heterocycles. The van der Waals surface area contributed by atoms with E-state index in [4.69, 9.17) is 0 Å². The molecule has 2 aromatic rings. The Bertz CT molecular complexity index is 895. The summed E-state index contributed by atoms with van der Waals surface area (Å²) < 4.78 is 0. The number of hydrogen-bond donors (Lipinski definition) is 1. The van der Waals surface area contributed by atoms with Gasteiger partial charge in [0.05, 0.1) is 0 Å². The Morgan fingerprint density at radius 2 is 1.43 bits per heavy atom. The summed E-state index contributed by atoms with van der Waals surface area (Å²) in [6.07, 6.45) is 1.08. The highest BCUT2D eigenvalue weighted by Gasteiger charge is 2.54. The Balaban J connectivity index is 1.65. The number of urea groups is 1. The fourth-order valence-corrected chi connectivity index (χ4v) is 4.76. The number of imide groups is 1. The van der Waals surface area contributed by atoms with Crippen LogP contribution in [0, 0.1) is 11.8 Å². The van der Waals surface area contributed by atoms with Crippen molar-refractivity contribution in [1.29, 1.82) is 0 Å². The second-order valence-corrected chi connectivity index (χ2v) is 8.55. The van der Waals surface area contributed by atoms with Crippen molar-refractivity contribution in [2.24, 2.45) is 11.8 Å². The molecular weight excluding hydrogens is 378 g/mol. The third-order valence-corrected chi connectivity index (χ3v) is 6.03. The predicted molar refractivity (Wildman–Crippen MR) is 113 cm³/mol. The lowest BCUT2D eigenvalue weighted by atomic mass is 9.82. The zero-order chi connectivity index (χ0) is 21.3. The number of likely N-dealkylation sites (tertiary alicyclic amines) is 1. The van der Waals surface area contributed by atoms with Crippen LogP contribution in [-0.2, 0) is 15.1 Å². The Labute approximate surface area is 176 Å². The fourth-order valence-electron chi connectivity index (χ4n) is 4.76. The molecule has 6 nitrogen and oxygen atoms in total. The second kappa shape index (κ2) is 7.94. The highest BCUT2D eigenvalue weighted by molar-refractivity contribution is 6.11. The average molecular weight is 405 g/mol. The molecule has 2 saturated heterocycles. The Kier molecular flexibility index (Phi) is 5.33. The summed E-state index contributed by atoms with van der Waals surface area (Å²) in [5.41, 5.74) is 0.0111. The molecule has 6 heteroatoms. The molecule has 2 atom stereocenters. The van der Waals surface area contributed by atoms with Crippen LogP contribution in [0.2, 0.25) is 0 Å². The number of carbonyl (C=O) groups excluding carboxylic acids is 3. The number of benzene rings is 2. The quantitative estimate of drug-likeness (QED) is 0.795. The summed E-state index contributed by atoms with van der Waals surface area (Å²) in [7, 11) is 0. The van der Waals surface area contributed by atoms with E-state index in [1.807, 2.05) is 60.7 Å².